The molecule has 0 unspecified atom stereocenters. The van der Waals surface area contributed by atoms with Gasteiger partial charge in [0.25, 0.3) is 0 Å². The largest absolute Gasteiger partial charge is 0.300 e. The summed E-state index contributed by atoms with van der Waals surface area (Å²) in [7, 11) is 0. The number of hydrogen-bond donors (Lipinski definition) is 0. The van der Waals surface area contributed by atoms with Crippen molar-refractivity contribution in [1.29, 1.82) is 0 Å². The lowest BCUT2D eigenvalue weighted by molar-refractivity contribution is 0.0882. The van der Waals surface area contributed by atoms with Crippen molar-refractivity contribution in [2.75, 3.05) is 26.2 Å². The Morgan fingerprint density at radius 1 is 0.917 bits per heavy atom. The summed E-state index contributed by atoms with van der Waals surface area (Å²) >= 11 is 0. The van der Waals surface area contributed by atoms with E-state index in [1.165, 1.54) is 45.2 Å². The molecule has 4 rings (SSSR count). The highest BCUT2D eigenvalue weighted by Crippen LogP contribution is 2.21. The van der Waals surface area contributed by atoms with Crippen LogP contribution in [0.5, 0.6) is 0 Å². The molecule has 0 N–H and O–H groups in total. The highest BCUT2D eigenvalue weighted by molar-refractivity contribution is 5.30. The molecule has 0 amide bonds. The van der Waals surface area contributed by atoms with Gasteiger partial charge in [-0.2, -0.15) is 4.68 Å². The van der Waals surface area contributed by atoms with E-state index < -0.39 is 0 Å². The average molecular weight is 326 g/mol. The maximum absolute atomic E-state index is 4.25. The molecule has 6 heteroatoms. The molecule has 0 spiro atoms. The Labute approximate surface area is 143 Å². The number of aromatic nitrogens is 4. The Balaban J connectivity index is 1.35. The van der Waals surface area contributed by atoms with E-state index in [1.54, 1.807) is 0 Å². The van der Waals surface area contributed by atoms with Crippen LogP contribution in [0.15, 0.2) is 30.3 Å². The first-order valence-corrected chi connectivity index (χ1v) is 9.19. The Bertz CT molecular complexity index is 626. The summed E-state index contributed by atoms with van der Waals surface area (Å²) in [6.07, 6.45) is 6.72. The van der Waals surface area contributed by atoms with E-state index in [2.05, 4.69) is 25.3 Å². The van der Waals surface area contributed by atoms with Crippen LogP contribution in [0.1, 0.15) is 37.9 Å². The van der Waals surface area contributed by atoms with Gasteiger partial charge in [-0.25, -0.2) is 0 Å². The lowest BCUT2D eigenvalue weighted by Crippen LogP contribution is -2.46. The van der Waals surface area contributed by atoms with E-state index in [1.807, 2.05) is 35.0 Å². The number of nitrogens with zero attached hydrogens (tertiary/aromatic N) is 6. The Kier molecular flexibility index (Phi) is 4.85. The number of likely N-dealkylation sites (tertiary alicyclic amines) is 2. The van der Waals surface area contributed by atoms with Crippen LogP contribution in [-0.4, -0.2) is 62.2 Å². The topological polar surface area (TPSA) is 50.1 Å². The van der Waals surface area contributed by atoms with Crippen LogP contribution in [0, 0.1) is 0 Å². The van der Waals surface area contributed by atoms with Crippen molar-refractivity contribution in [1.82, 2.24) is 30.0 Å². The molecule has 1 aromatic heterocycles. The van der Waals surface area contributed by atoms with E-state index in [-0.39, 0.29) is 0 Å². The van der Waals surface area contributed by atoms with Gasteiger partial charge in [0.2, 0.25) is 0 Å². The van der Waals surface area contributed by atoms with E-state index in [9.17, 15) is 0 Å². The third-order valence-electron chi connectivity index (χ3n) is 5.36. The van der Waals surface area contributed by atoms with Crippen LogP contribution in [0.2, 0.25) is 0 Å². The summed E-state index contributed by atoms with van der Waals surface area (Å²) in [6.45, 7) is 5.72. The second-order valence-electron chi connectivity index (χ2n) is 6.95. The predicted molar refractivity (Wildman–Crippen MR) is 92.9 cm³/mol. The molecule has 2 aliphatic heterocycles. The number of benzene rings is 1. The van der Waals surface area contributed by atoms with Crippen molar-refractivity contribution < 1.29 is 0 Å². The maximum Gasteiger partial charge on any atom is 0.170 e. The van der Waals surface area contributed by atoms with Crippen molar-refractivity contribution >= 4 is 0 Å². The summed E-state index contributed by atoms with van der Waals surface area (Å²) in [5.74, 6) is 0.928. The highest BCUT2D eigenvalue weighted by atomic mass is 15.5. The van der Waals surface area contributed by atoms with Crippen LogP contribution < -0.4 is 0 Å². The minimum atomic E-state index is 0.784. The summed E-state index contributed by atoms with van der Waals surface area (Å²) in [6, 6.07) is 10.9. The van der Waals surface area contributed by atoms with E-state index in [0.29, 0.717) is 0 Å². The molecule has 3 heterocycles. The second kappa shape index (κ2) is 7.40. The lowest BCUT2D eigenvalue weighted by Gasteiger charge is -2.40. The first kappa shape index (κ1) is 15.7. The molecule has 6 nitrogen and oxygen atoms in total. The molecule has 0 radical (unpaired) electrons. The molecule has 24 heavy (non-hydrogen) atoms. The van der Waals surface area contributed by atoms with Crippen LogP contribution in [0.25, 0.3) is 5.69 Å². The standard InChI is InChI=1S/C18H26N6/c1-3-7-17(8-4-1)24-18(19-20-21-24)15-22-13-9-16(10-14-22)23-11-5-2-6-12-23/h1,3-4,7-8,16H,2,5-6,9-15H2. The van der Waals surface area contributed by atoms with Gasteiger partial charge in [0.1, 0.15) is 0 Å². The molecule has 128 valence electrons. The smallest absolute Gasteiger partial charge is 0.170 e. The first-order valence-electron chi connectivity index (χ1n) is 9.19. The molecular formula is C18H26N6. The molecule has 2 aromatic rings. The van der Waals surface area contributed by atoms with Gasteiger partial charge in [0.15, 0.2) is 5.82 Å². The van der Waals surface area contributed by atoms with Gasteiger partial charge in [-0.1, -0.05) is 24.6 Å². The van der Waals surface area contributed by atoms with E-state index >= 15 is 0 Å². The third-order valence-corrected chi connectivity index (χ3v) is 5.36. The Morgan fingerprint density at radius 3 is 2.42 bits per heavy atom. The van der Waals surface area contributed by atoms with Gasteiger partial charge in [-0.15, -0.1) is 5.10 Å². The monoisotopic (exact) mass is 326 g/mol. The van der Waals surface area contributed by atoms with Crippen LogP contribution in [0.3, 0.4) is 0 Å². The molecule has 2 aliphatic rings. The van der Waals surface area contributed by atoms with E-state index in [0.717, 1.165) is 37.2 Å². The van der Waals surface area contributed by atoms with Crippen molar-refractivity contribution in [3.63, 3.8) is 0 Å². The summed E-state index contributed by atoms with van der Waals surface area (Å²) in [5.41, 5.74) is 1.03. The van der Waals surface area contributed by atoms with Gasteiger partial charge in [-0.05, 0) is 61.3 Å². The second-order valence-corrected chi connectivity index (χ2v) is 6.95. The zero-order valence-electron chi connectivity index (χ0n) is 14.2. The fourth-order valence-corrected chi connectivity index (χ4v) is 4.00. The number of rotatable bonds is 4. The van der Waals surface area contributed by atoms with Crippen molar-refractivity contribution in [2.24, 2.45) is 0 Å². The zero-order valence-corrected chi connectivity index (χ0v) is 14.2. The number of tetrazole rings is 1. The molecule has 1 aromatic carbocycles. The lowest BCUT2D eigenvalue weighted by atomic mass is 10.00. The van der Waals surface area contributed by atoms with Crippen LogP contribution in [0.4, 0.5) is 0 Å². The Hall–Kier alpha value is -1.79. The quantitative estimate of drug-likeness (QED) is 0.861. The van der Waals surface area contributed by atoms with Gasteiger partial charge in [0, 0.05) is 19.1 Å². The van der Waals surface area contributed by atoms with Gasteiger partial charge in [0.05, 0.1) is 12.2 Å². The fourth-order valence-electron chi connectivity index (χ4n) is 4.00. The summed E-state index contributed by atoms with van der Waals surface area (Å²) in [4.78, 5) is 5.21. The van der Waals surface area contributed by atoms with Crippen LogP contribution in [-0.2, 0) is 6.54 Å². The zero-order chi connectivity index (χ0) is 16.2. The number of para-hydroxylation sites is 1. The molecule has 2 saturated heterocycles. The molecular weight excluding hydrogens is 300 g/mol. The molecule has 0 atom stereocenters. The predicted octanol–water partition coefficient (Wildman–Crippen LogP) is 2.11. The number of hydrogen-bond acceptors (Lipinski definition) is 5. The fraction of sp³-hybridized carbons (Fsp3) is 0.611. The SMILES string of the molecule is c1ccc(-n2nnnc2CN2CCC(N3CCCCC3)CC2)cc1. The Morgan fingerprint density at radius 2 is 1.67 bits per heavy atom. The first-order chi connectivity index (χ1) is 11.9. The van der Waals surface area contributed by atoms with Crippen molar-refractivity contribution in [3.05, 3.63) is 36.2 Å². The minimum absolute atomic E-state index is 0.784. The third kappa shape index (κ3) is 3.49. The summed E-state index contributed by atoms with van der Waals surface area (Å²) < 4.78 is 1.86. The minimum Gasteiger partial charge on any atom is -0.300 e. The summed E-state index contributed by atoms with van der Waals surface area (Å²) in [5, 5.41) is 12.3. The molecule has 0 saturated carbocycles. The maximum atomic E-state index is 4.25. The van der Waals surface area contributed by atoms with E-state index in [4.69, 9.17) is 0 Å². The van der Waals surface area contributed by atoms with Gasteiger partial charge in [-0.3, -0.25) is 4.90 Å². The highest BCUT2D eigenvalue weighted by Gasteiger charge is 2.26. The number of piperidine rings is 2. The molecule has 0 aliphatic carbocycles. The van der Waals surface area contributed by atoms with Crippen LogP contribution >= 0.6 is 0 Å². The van der Waals surface area contributed by atoms with Crippen molar-refractivity contribution in [3.8, 4) is 5.69 Å². The van der Waals surface area contributed by atoms with Gasteiger partial charge >= 0.3 is 0 Å². The normalized spacial score (nSPS) is 21.2. The molecule has 0 bridgehead atoms. The van der Waals surface area contributed by atoms with Crippen molar-refractivity contribution in [2.45, 2.75) is 44.7 Å². The molecule has 2 fully saturated rings. The average Bonchev–Trinajstić information content (AvgIpc) is 3.12. The van der Waals surface area contributed by atoms with Gasteiger partial charge < -0.3 is 4.90 Å².